The minimum absolute atomic E-state index is 0.0231. The van der Waals surface area contributed by atoms with Crippen molar-refractivity contribution < 1.29 is 14.5 Å². The fraction of sp³-hybridized carbons (Fsp3) is 0.400. The van der Waals surface area contributed by atoms with Crippen LogP contribution in [0.1, 0.15) is 31.4 Å². The van der Waals surface area contributed by atoms with Crippen LogP contribution in [0.4, 0.5) is 0 Å². The van der Waals surface area contributed by atoms with Gasteiger partial charge in [0.1, 0.15) is 0 Å². The number of quaternary nitrogens is 1. The van der Waals surface area contributed by atoms with E-state index in [1.807, 2.05) is 38.2 Å². The lowest BCUT2D eigenvalue weighted by Gasteiger charge is -2.18. The molecule has 1 unspecified atom stereocenters. The number of carbonyl (C=O) groups is 2. The van der Waals surface area contributed by atoms with Crippen LogP contribution in [-0.2, 0) is 9.59 Å². The first-order chi connectivity index (χ1) is 12.0. The number of fused-ring (bicyclic) bond motifs is 1. The Kier molecular flexibility index (Phi) is 5.34. The minimum Gasteiger partial charge on any atom is -0.348 e. The number of carbonyl (C=O) groups excluding carboxylic acids is 2. The number of benzene rings is 2. The summed E-state index contributed by atoms with van der Waals surface area (Å²) < 4.78 is 0. The van der Waals surface area contributed by atoms with Crippen LogP contribution in [-0.4, -0.2) is 38.0 Å². The molecule has 25 heavy (non-hydrogen) atoms. The van der Waals surface area contributed by atoms with E-state index in [0.717, 1.165) is 28.7 Å². The molecule has 0 bridgehead atoms. The Hall–Kier alpha value is -2.40. The van der Waals surface area contributed by atoms with Gasteiger partial charge in [-0.05, 0) is 36.1 Å². The van der Waals surface area contributed by atoms with Crippen LogP contribution in [0.15, 0.2) is 42.5 Å². The number of nitrogens with one attached hydrogen (secondary N) is 3. The number of rotatable bonds is 7. The van der Waals surface area contributed by atoms with Crippen LogP contribution >= 0.6 is 0 Å². The smallest absolute Gasteiger partial charge is 0.275 e. The molecule has 0 radical (unpaired) electrons. The summed E-state index contributed by atoms with van der Waals surface area (Å²) in [4.78, 5) is 25.0. The lowest BCUT2D eigenvalue weighted by atomic mass is 10.00. The molecule has 1 fully saturated rings. The van der Waals surface area contributed by atoms with Gasteiger partial charge < -0.3 is 15.5 Å². The third-order valence-corrected chi connectivity index (χ3v) is 4.53. The van der Waals surface area contributed by atoms with Gasteiger partial charge in [0, 0.05) is 6.04 Å². The average molecular weight is 340 g/mol. The first kappa shape index (κ1) is 17.4. The van der Waals surface area contributed by atoms with Crippen LogP contribution in [0.3, 0.4) is 0 Å². The van der Waals surface area contributed by atoms with E-state index in [2.05, 4.69) is 28.8 Å². The molecule has 1 saturated carbocycles. The van der Waals surface area contributed by atoms with Crippen molar-refractivity contribution >= 4 is 22.6 Å². The summed E-state index contributed by atoms with van der Waals surface area (Å²) in [5.41, 5.74) is 1.11. The van der Waals surface area contributed by atoms with Gasteiger partial charge in [0.15, 0.2) is 13.1 Å². The molecule has 1 aliphatic carbocycles. The fourth-order valence-electron chi connectivity index (χ4n) is 3.12. The zero-order valence-corrected chi connectivity index (χ0v) is 14.8. The summed E-state index contributed by atoms with van der Waals surface area (Å²) >= 11 is 0. The van der Waals surface area contributed by atoms with E-state index in [1.54, 1.807) is 0 Å². The lowest BCUT2D eigenvalue weighted by Crippen LogP contribution is -3.11. The van der Waals surface area contributed by atoms with Gasteiger partial charge in [-0.1, -0.05) is 42.5 Å². The van der Waals surface area contributed by atoms with Gasteiger partial charge in [0.2, 0.25) is 0 Å². The molecule has 0 heterocycles. The lowest BCUT2D eigenvalue weighted by molar-refractivity contribution is -0.862. The van der Waals surface area contributed by atoms with E-state index in [-0.39, 0.29) is 24.4 Å². The Morgan fingerprint density at radius 2 is 1.76 bits per heavy atom. The van der Waals surface area contributed by atoms with Gasteiger partial charge >= 0.3 is 0 Å². The highest BCUT2D eigenvalue weighted by molar-refractivity contribution is 5.87. The highest BCUT2D eigenvalue weighted by atomic mass is 16.2. The topological polar surface area (TPSA) is 62.6 Å². The standard InChI is InChI=1S/C20H25N3O2/c1-14(17-9-5-7-15-6-3-4-8-18(15)17)21-19(24)12-23(2)13-20(25)22-16-10-11-16/h3-9,14,16H,10-13H2,1-2H3,(H,21,24)(H,22,25)/p+1/t14-/m1/s1. The number of amides is 2. The van der Waals surface area contributed by atoms with Crippen molar-refractivity contribution in [3.05, 3.63) is 48.0 Å². The maximum Gasteiger partial charge on any atom is 0.275 e. The molecule has 2 aromatic rings. The Labute approximate surface area is 148 Å². The van der Waals surface area contributed by atoms with Gasteiger partial charge in [-0.3, -0.25) is 9.59 Å². The normalized spacial score (nSPS) is 16.2. The SMILES string of the molecule is C[C@@H](NC(=O)C[NH+](C)CC(=O)NC1CC1)c1cccc2ccccc12. The summed E-state index contributed by atoms with van der Waals surface area (Å²) in [7, 11) is 1.87. The van der Waals surface area contributed by atoms with Crippen LogP contribution in [0.2, 0.25) is 0 Å². The second-order valence-corrected chi connectivity index (χ2v) is 7.01. The van der Waals surface area contributed by atoms with E-state index < -0.39 is 0 Å². The molecule has 2 atom stereocenters. The van der Waals surface area contributed by atoms with E-state index in [9.17, 15) is 9.59 Å². The molecule has 2 amide bonds. The molecule has 5 nitrogen and oxygen atoms in total. The second-order valence-electron chi connectivity index (χ2n) is 7.01. The first-order valence-corrected chi connectivity index (χ1v) is 8.90. The molecule has 0 saturated heterocycles. The molecule has 0 spiro atoms. The zero-order valence-electron chi connectivity index (χ0n) is 14.8. The van der Waals surface area contributed by atoms with Crippen molar-refractivity contribution in [1.29, 1.82) is 0 Å². The molecule has 0 aliphatic heterocycles. The second kappa shape index (κ2) is 7.66. The van der Waals surface area contributed by atoms with Crippen molar-refractivity contribution in [3.8, 4) is 0 Å². The zero-order chi connectivity index (χ0) is 17.8. The monoisotopic (exact) mass is 340 g/mol. The molecule has 3 N–H and O–H groups in total. The largest absolute Gasteiger partial charge is 0.348 e. The fourth-order valence-corrected chi connectivity index (χ4v) is 3.12. The van der Waals surface area contributed by atoms with E-state index in [0.29, 0.717) is 12.6 Å². The number of likely N-dealkylation sites (N-methyl/N-ethyl adjacent to an activating group) is 1. The maximum atomic E-state index is 12.3. The predicted octanol–water partition coefficient (Wildman–Crippen LogP) is 0.810. The Morgan fingerprint density at radius 3 is 2.52 bits per heavy atom. The third kappa shape index (κ3) is 4.79. The van der Waals surface area contributed by atoms with Gasteiger partial charge in [-0.2, -0.15) is 0 Å². The predicted molar refractivity (Wildman–Crippen MR) is 98.3 cm³/mol. The minimum atomic E-state index is -0.0771. The molecule has 3 rings (SSSR count). The number of hydrogen-bond donors (Lipinski definition) is 3. The van der Waals surface area contributed by atoms with Crippen molar-refractivity contribution in [2.45, 2.75) is 31.8 Å². The molecule has 132 valence electrons. The average Bonchev–Trinajstić information content (AvgIpc) is 3.37. The van der Waals surface area contributed by atoms with Gasteiger partial charge in [0.25, 0.3) is 11.8 Å². The summed E-state index contributed by atoms with van der Waals surface area (Å²) in [5.74, 6) is -0.0212. The Morgan fingerprint density at radius 1 is 1.08 bits per heavy atom. The van der Waals surface area contributed by atoms with Gasteiger partial charge in [0.05, 0.1) is 13.1 Å². The van der Waals surface area contributed by atoms with Crippen LogP contribution in [0.25, 0.3) is 10.8 Å². The van der Waals surface area contributed by atoms with Crippen molar-refractivity contribution in [2.75, 3.05) is 20.1 Å². The van der Waals surface area contributed by atoms with Crippen LogP contribution in [0, 0.1) is 0 Å². The molecular weight excluding hydrogens is 314 g/mol. The van der Waals surface area contributed by atoms with E-state index in [4.69, 9.17) is 0 Å². The van der Waals surface area contributed by atoms with E-state index >= 15 is 0 Å². The molecular formula is C20H26N3O2+. The van der Waals surface area contributed by atoms with Crippen LogP contribution < -0.4 is 15.5 Å². The molecule has 0 aromatic heterocycles. The Balaban J connectivity index is 1.55. The third-order valence-electron chi connectivity index (χ3n) is 4.53. The summed E-state index contributed by atoms with van der Waals surface area (Å²) in [6.45, 7) is 2.61. The summed E-state index contributed by atoms with van der Waals surface area (Å²) in [6.07, 6.45) is 2.15. The molecule has 5 heteroatoms. The first-order valence-electron chi connectivity index (χ1n) is 8.90. The maximum absolute atomic E-state index is 12.3. The van der Waals surface area contributed by atoms with Crippen LogP contribution in [0.5, 0.6) is 0 Å². The summed E-state index contributed by atoms with van der Waals surface area (Å²) in [5, 5.41) is 8.33. The van der Waals surface area contributed by atoms with Crippen molar-refractivity contribution in [1.82, 2.24) is 10.6 Å². The molecule has 2 aromatic carbocycles. The van der Waals surface area contributed by atoms with Gasteiger partial charge in [-0.25, -0.2) is 0 Å². The summed E-state index contributed by atoms with van der Waals surface area (Å²) in [6, 6.07) is 14.6. The van der Waals surface area contributed by atoms with Crippen molar-refractivity contribution in [2.24, 2.45) is 0 Å². The quantitative estimate of drug-likeness (QED) is 0.698. The van der Waals surface area contributed by atoms with Crippen molar-refractivity contribution in [3.63, 3.8) is 0 Å². The Bertz CT molecular complexity index is 765. The highest BCUT2D eigenvalue weighted by Gasteiger charge is 2.25. The highest BCUT2D eigenvalue weighted by Crippen LogP contribution is 2.23. The van der Waals surface area contributed by atoms with Gasteiger partial charge in [-0.15, -0.1) is 0 Å². The van der Waals surface area contributed by atoms with E-state index in [1.165, 1.54) is 5.39 Å². The molecule has 1 aliphatic rings. The number of hydrogen-bond acceptors (Lipinski definition) is 2.